The van der Waals surface area contributed by atoms with Crippen molar-refractivity contribution in [3.63, 3.8) is 0 Å². The Morgan fingerprint density at radius 1 is 1.15 bits per heavy atom. The third kappa shape index (κ3) is 6.90. The van der Waals surface area contributed by atoms with E-state index in [0.29, 0.717) is 4.90 Å². The topological polar surface area (TPSA) is 34.1 Å². The van der Waals surface area contributed by atoms with Crippen molar-refractivity contribution >= 4 is 51.6 Å². The van der Waals surface area contributed by atoms with Gasteiger partial charge >= 0.3 is 16.0 Å². The standard InChI is InChI=1S/C7H8O2S.2BrH.Mg/c1-10(8,9)7-5-3-2-4-6-7;;;/h2-6H,1H3;2*1H;/q;;;+2/p-2. The van der Waals surface area contributed by atoms with Crippen molar-refractivity contribution in [1.82, 2.24) is 0 Å². The van der Waals surface area contributed by atoms with E-state index in [2.05, 4.69) is 25.8 Å². The average molecular weight is 340 g/mol. The Morgan fingerprint density at radius 2 is 1.54 bits per heavy atom. The summed E-state index contributed by atoms with van der Waals surface area (Å²) in [5.74, 6) is 0. The largest absolute Gasteiger partial charge is 0.560 e. The van der Waals surface area contributed by atoms with Crippen molar-refractivity contribution in [3.8, 4) is 0 Å². The van der Waals surface area contributed by atoms with Gasteiger partial charge in [-0.05, 0) is 12.1 Å². The maximum Gasteiger partial charge on any atom is 0.560 e. The fourth-order valence-corrected chi connectivity index (χ4v) is 1.32. The lowest BCUT2D eigenvalue weighted by Gasteiger charge is -1.93. The van der Waals surface area contributed by atoms with E-state index in [4.69, 9.17) is 0 Å². The van der Waals surface area contributed by atoms with Gasteiger partial charge in [0, 0.05) is 6.26 Å². The molecule has 1 aromatic rings. The highest BCUT2D eigenvalue weighted by Gasteiger charge is 2.02. The van der Waals surface area contributed by atoms with Gasteiger partial charge in [-0.1, -0.05) is 18.2 Å². The predicted molar refractivity (Wildman–Crippen MR) is 63.2 cm³/mol. The Hall–Kier alpha value is 0.896. The molecule has 0 fully saturated rings. The molecule has 6 heteroatoms. The van der Waals surface area contributed by atoms with Gasteiger partial charge in [0.2, 0.25) is 0 Å². The van der Waals surface area contributed by atoms with Gasteiger partial charge in [0.05, 0.1) is 4.90 Å². The Balaban J connectivity index is 0.000000424. The summed E-state index contributed by atoms with van der Waals surface area (Å²) in [6, 6.07) is 8.35. The minimum Gasteiger partial charge on any atom is -0.280 e. The number of hydrogen-bond donors (Lipinski definition) is 0. The fraction of sp³-hybridized carbons (Fsp3) is 0.143. The van der Waals surface area contributed by atoms with Gasteiger partial charge in [-0.3, -0.25) is 25.8 Å². The quantitative estimate of drug-likeness (QED) is 0.736. The average Bonchev–Trinajstić information content (AvgIpc) is 2.06. The highest BCUT2D eigenvalue weighted by molar-refractivity contribution is 9.47. The summed E-state index contributed by atoms with van der Waals surface area (Å²) >= 11 is 6.44. The van der Waals surface area contributed by atoms with Gasteiger partial charge in [0.15, 0.2) is 9.84 Å². The molecule has 13 heavy (non-hydrogen) atoms. The lowest BCUT2D eigenvalue weighted by molar-refractivity contribution is 0.602. The molecule has 0 aliphatic rings. The van der Waals surface area contributed by atoms with Crippen LogP contribution in [0.1, 0.15) is 0 Å². The summed E-state index contributed by atoms with van der Waals surface area (Å²) in [6.45, 7) is 0. The summed E-state index contributed by atoms with van der Waals surface area (Å²) < 4.78 is 21.7. The number of hydrogen-bond acceptors (Lipinski definition) is 2. The van der Waals surface area contributed by atoms with Crippen molar-refractivity contribution in [2.24, 2.45) is 0 Å². The molecule has 0 N–H and O–H groups in total. The predicted octanol–water partition coefficient (Wildman–Crippen LogP) is 2.40. The molecule has 0 saturated carbocycles. The van der Waals surface area contributed by atoms with Crippen LogP contribution >= 0.6 is 25.8 Å². The lowest BCUT2D eigenvalue weighted by Crippen LogP contribution is -1.95. The third-order valence-corrected chi connectivity index (χ3v) is 2.30. The lowest BCUT2D eigenvalue weighted by atomic mass is 10.4. The van der Waals surface area contributed by atoms with Crippen molar-refractivity contribution in [1.29, 1.82) is 0 Å². The van der Waals surface area contributed by atoms with Crippen molar-refractivity contribution in [2.75, 3.05) is 6.26 Å². The monoisotopic (exact) mass is 338 g/mol. The molecule has 70 valence electrons. The molecule has 1 aromatic carbocycles. The molecule has 0 heterocycles. The normalized spacial score (nSPS) is 9.46. The zero-order valence-corrected chi connectivity index (χ0v) is 12.5. The molecule has 0 atom stereocenters. The Labute approximate surface area is 100 Å². The molecule has 0 aromatic heterocycles. The molecule has 2 nitrogen and oxygen atoms in total. The van der Waals surface area contributed by atoms with Gasteiger partial charge in [-0.15, -0.1) is 0 Å². The van der Waals surface area contributed by atoms with Crippen LogP contribution in [0.2, 0.25) is 0 Å². The highest BCUT2D eigenvalue weighted by Crippen LogP contribution is 2.05. The first-order chi connectivity index (χ1) is 6.02. The molecule has 0 bridgehead atoms. The second-order valence-corrected chi connectivity index (χ2v) is 12.3. The zero-order chi connectivity index (χ0) is 10.3. The van der Waals surface area contributed by atoms with Crippen LogP contribution in [0.4, 0.5) is 0 Å². The van der Waals surface area contributed by atoms with Crippen LogP contribution in [-0.4, -0.2) is 30.7 Å². The Morgan fingerprint density at radius 3 is 1.77 bits per heavy atom. The number of sulfone groups is 1. The maximum absolute atomic E-state index is 10.8. The van der Waals surface area contributed by atoms with E-state index >= 15 is 0 Å². The molecule has 0 aliphatic carbocycles. The van der Waals surface area contributed by atoms with Gasteiger partial charge in [-0.25, -0.2) is 8.42 Å². The summed E-state index contributed by atoms with van der Waals surface area (Å²) in [6.07, 6.45) is 1.20. The fourth-order valence-electron chi connectivity index (χ4n) is 0.668. The molecule has 1 rings (SSSR count). The van der Waals surface area contributed by atoms with Crippen LogP contribution in [0.15, 0.2) is 35.2 Å². The molecule has 0 amide bonds. The first-order valence-electron chi connectivity index (χ1n) is 3.39. The number of halogens is 2. The first kappa shape index (κ1) is 13.9. The smallest absolute Gasteiger partial charge is 0.280 e. The molecular formula is C7H8Br2MgO2S. The summed E-state index contributed by atoms with van der Waals surface area (Å²) in [5.41, 5.74) is 0. The number of benzene rings is 1. The van der Waals surface area contributed by atoms with Gasteiger partial charge in [-0.2, -0.15) is 0 Å². The Bertz CT molecular complexity index is 326. The molecule has 0 saturated heterocycles. The van der Waals surface area contributed by atoms with E-state index in [1.165, 1.54) is 6.26 Å². The van der Waals surface area contributed by atoms with E-state index < -0.39 is 9.84 Å². The van der Waals surface area contributed by atoms with Crippen LogP contribution in [0.3, 0.4) is 0 Å². The van der Waals surface area contributed by atoms with Crippen molar-refractivity contribution in [3.05, 3.63) is 30.3 Å². The van der Waals surface area contributed by atoms with Crippen LogP contribution in [0.5, 0.6) is 0 Å². The summed E-state index contributed by atoms with van der Waals surface area (Å²) in [5, 5.41) is 0. The second kappa shape index (κ2) is 7.22. The van der Waals surface area contributed by atoms with Crippen LogP contribution in [0.25, 0.3) is 0 Å². The van der Waals surface area contributed by atoms with Crippen LogP contribution in [0, 0.1) is 0 Å². The summed E-state index contributed by atoms with van der Waals surface area (Å²) in [4.78, 5) is 0.370. The van der Waals surface area contributed by atoms with Gasteiger partial charge in [0.1, 0.15) is 0 Å². The SMILES string of the molecule is CS(=O)(=O)c1ccccc1.[Br][Mg][Br]. The second-order valence-electron chi connectivity index (χ2n) is 2.19. The van der Waals surface area contributed by atoms with Crippen LogP contribution < -0.4 is 0 Å². The van der Waals surface area contributed by atoms with Gasteiger partial charge < -0.3 is 0 Å². The third-order valence-electron chi connectivity index (χ3n) is 1.17. The van der Waals surface area contributed by atoms with Crippen molar-refractivity contribution < 1.29 is 8.42 Å². The summed E-state index contributed by atoms with van der Waals surface area (Å²) in [7, 11) is -3.00. The van der Waals surface area contributed by atoms with E-state index in [1.807, 2.05) is 0 Å². The molecular weight excluding hydrogens is 332 g/mol. The molecule has 0 aliphatic heterocycles. The highest BCUT2D eigenvalue weighted by atomic mass is 79.9. The van der Waals surface area contributed by atoms with E-state index in [0.717, 1.165) is 0 Å². The zero-order valence-electron chi connectivity index (χ0n) is 7.07. The minimum absolute atomic E-state index is 0.0417. The van der Waals surface area contributed by atoms with Crippen molar-refractivity contribution in [2.45, 2.75) is 4.90 Å². The van der Waals surface area contributed by atoms with Gasteiger partial charge in [0.25, 0.3) is 0 Å². The molecule has 0 spiro atoms. The van der Waals surface area contributed by atoms with E-state index in [-0.39, 0.29) is 16.0 Å². The van der Waals surface area contributed by atoms with E-state index in [1.54, 1.807) is 30.3 Å². The minimum atomic E-state index is -3.00. The number of rotatable bonds is 1. The molecule has 0 unspecified atom stereocenters. The maximum atomic E-state index is 10.8. The van der Waals surface area contributed by atoms with E-state index in [9.17, 15) is 8.42 Å². The molecule has 0 radical (unpaired) electrons. The Kier molecular flexibility index (Phi) is 7.72. The van der Waals surface area contributed by atoms with Crippen LogP contribution in [-0.2, 0) is 9.84 Å². The first-order valence-corrected chi connectivity index (χ1v) is 13.1.